The summed E-state index contributed by atoms with van der Waals surface area (Å²) in [6.45, 7) is 4.69. The van der Waals surface area contributed by atoms with E-state index in [1.165, 1.54) is 38.9 Å². The number of hydrogen-bond donors (Lipinski definition) is 0. The van der Waals surface area contributed by atoms with Gasteiger partial charge in [-0.3, -0.25) is 0 Å². The van der Waals surface area contributed by atoms with Crippen LogP contribution in [-0.4, -0.2) is 15.0 Å². The number of rotatable bonds is 6. The lowest BCUT2D eigenvalue weighted by Gasteiger charge is -2.25. The molecule has 0 N–H and O–H groups in total. The van der Waals surface area contributed by atoms with Crippen molar-refractivity contribution in [3.8, 4) is 78.7 Å². The second-order valence-electron chi connectivity index (χ2n) is 14.8. The molecule has 1 heterocycles. The highest BCUT2D eigenvalue weighted by Gasteiger charge is 2.38. The third kappa shape index (κ3) is 5.64. The molecule has 0 saturated carbocycles. The lowest BCUT2D eigenvalue weighted by atomic mass is 9.78. The number of fused-ring (bicyclic) bond motifs is 4. The Morgan fingerprint density at radius 2 is 0.782 bits per heavy atom. The third-order valence-electron chi connectivity index (χ3n) is 11.2. The zero-order valence-corrected chi connectivity index (χ0v) is 30.7. The molecule has 3 nitrogen and oxygen atoms in total. The van der Waals surface area contributed by atoms with Gasteiger partial charge < -0.3 is 0 Å². The lowest BCUT2D eigenvalue weighted by molar-refractivity contribution is 0.662. The van der Waals surface area contributed by atoms with Crippen LogP contribution in [0.3, 0.4) is 0 Å². The highest BCUT2D eigenvalue weighted by atomic mass is 15.0. The van der Waals surface area contributed by atoms with Crippen LogP contribution in [0.25, 0.3) is 89.4 Å². The van der Waals surface area contributed by atoms with Crippen molar-refractivity contribution >= 4 is 10.8 Å². The summed E-state index contributed by atoms with van der Waals surface area (Å²) in [5.74, 6) is 1.92. The monoisotopic (exact) mass is 703 g/mol. The molecule has 0 bridgehead atoms. The van der Waals surface area contributed by atoms with Gasteiger partial charge in [-0.05, 0) is 66.4 Å². The smallest absolute Gasteiger partial charge is 0.165 e. The summed E-state index contributed by atoms with van der Waals surface area (Å²) >= 11 is 0. The lowest BCUT2D eigenvalue weighted by Crippen LogP contribution is -2.16. The molecule has 0 amide bonds. The van der Waals surface area contributed by atoms with Crippen LogP contribution in [0.4, 0.5) is 0 Å². The van der Waals surface area contributed by atoms with Crippen molar-refractivity contribution in [2.75, 3.05) is 0 Å². The summed E-state index contributed by atoms with van der Waals surface area (Å²) in [4.78, 5) is 15.9. The molecule has 0 spiro atoms. The molecular formula is C52H37N3. The maximum Gasteiger partial charge on any atom is 0.165 e. The summed E-state index contributed by atoms with van der Waals surface area (Å²) in [6.07, 6.45) is 0. The van der Waals surface area contributed by atoms with Gasteiger partial charge in [0.2, 0.25) is 0 Å². The Morgan fingerprint density at radius 3 is 1.40 bits per heavy atom. The highest BCUT2D eigenvalue weighted by molar-refractivity contribution is 6.04. The minimum absolute atomic E-state index is 0.193. The van der Waals surface area contributed by atoms with Gasteiger partial charge in [0, 0.05) is 22.1 Å². The molecule has 0 atom stereocenters. The second-order valence-corrected chi connectivity index (χ2v) is 14.8. The van der Waals surface area contributed by atoms with E-state index in [1.807, 2.05) is 12.1 Å². The molecule has 8 aromatic carbocycles. The van der Waals surface area contributed by atoms with Crippen molar-refractivity contribution in [3.63, 3.8) is 0 Å². The normalized spacial score (nSPS) is 12.7. The van der Waals surface area contributed by atoms with Crippen molar-refractivity contribution in [1.82, 2.24) is 15.0 Å². The third-order valence-corrected chi connectivity index (χ3v) is 11.2. The van der Waals surface area contributed by atoms with Gasteiger partial charge in [0.1, 0.15) is 0 Å². The van der Waals surface area contributed by atoms with E-state index in [1.54, 1.807) is 0 Å². The predicted octanol–water partition coefficient (Wildman–Crippen LogP) is 13.3. The van der Waals surface area contributed by atoms with E-state index in [9.17, 15) is 0 Å². The average molecular weight is 704 g/mol. The Balaban J connectivity index is 1.20. The van der Waals surface area contributed by atoms with Gasteiger partial charge in [0.25, 0.3) is 0 Å². The zero-order chi connectivity index (χ0) is 36.9. The fraction of sp³-hybridized carbons (Fsp3) is 0.0577. The molecule has 3 heteroatoms. The first-order valence-corrected chi connectivity index (χ1v) is 18.9. The van der Waals surface area contributed by atoms with Crippen LogP contribution in [0.2, 0.25) is 0 Å². The van der Waals surface area contributed by atoms with E-state index in [-0.39, 0.29) is 5.41 Å². The second kappa shape index (κ2) is 13.2. The summed E-state index contributed by atoms with van der Waals surface area (Å²) < 4.78 is 0. The predicted molar refractivity (Wildman–Crippen MR) is 228 cm³/mol. The van der Waals surface area contributed by atoms with E-state index < -0.39 is 0 Å². The van der Waals surface area contributed by atoms with Gasteiger partial charge in [0.15, 0.2) is 17.5 Å². The molecule has 0 fully saturated rings. The minimum atomic E-state index is -0.193. The highest BCUT2D eigenvalue weighted by Crippen LogP contribution is 2.53. The SMILES string of the molecule is CC1(C)c2ccccc2-c2cccc(-c3ccc4ccccc4c3-c3nc(-c4ccc(-c5ccccc5)cc4)nc(-c4ccc(-c5ccccc5)cc4)n3)c21. The number of aromatic nitrogens is 3. The van der Waals surface area contributed by atoms with Crippen molar-refractivity contribution in [2.45, 2.75) is 19.3 Å². The molecular weight excluding hydrogens is 667 g/mol. The van der Waals surface area contributed by atoms with E-state index >= 15 is 0 Å². The Morgan fingerprint density at radius 1 is 0.327 bits per heavy atom. The van der Waals surface area contributed by atoms with E-state index in [0.29, 0.717) is 17.5 Å². The quantitative estimate of drug-likeness (QED) is 0.173. The Kier molecular flexibility index (Phi) is 7.81. The molecule has 1 aromatic heterocycles. The summed E-state index contributed by atoms with van der Waals surface area (Å²) in [5.41, 5.74) is 14.9. The summed E-state index contributed by atoms with van der Waals surface area (Å²) in [7, 11) is 0. The van der Waals surface area contributed by atoms with Crippen molar-refractivity contribution in [2.24, 2.45) is 0 Å². The summed E-state index contributed by atoms with van der Waals surface area (Å²) in [6, 6.07) is 66.6. The van der Waals surface area contributed by atoms with Gasteiger partial charge in [-0.25, -0.2) is 15.0 Å². The average Bonchev–Trinajstić information content (AvgIpc) is 3.50. The fourth-order valence-corrected chi connectivity index (χ4v) is 8.44. The van der Waals surface area contributed by atoms with Crippen LogP contribution >= 0.6 is 0 Å². The maximum atomic E-state index is 5.35. The van der Waals surface area contributed by atoms with E-state index in [0.717, 1.165) is 44.2 Å². The number of nitrogens with zero attached hydrogens (tertiary/aromatic N) is 3. The summed E-state index contributed by atoms with van der Waals surface area (Å²) in [5, 5.41) is 2.24. The largest absolute Gasteiger partial charge is 0.208 e. The molecule has 0 radical (unpaired) electrons. The molecule has 260 valence electrons. The molecule has 0 unspecified atom stereocenters. The van der Waals surface area contributed by atoms with Crippen molar-refractivity contribution in [3.05, 3.63) is 199 Å². The molecule has 1 aliphatic rings. The molecule has 0 aliphatic heterocycles. The standard InChI is InChI=1S/C52H37N3/c1-52(2)46-23-12-11-20-42(46)44-21-13-22-45(48(44)52)43-33-32-38-18-9-10-19-41(38)47(43)51-54-49(39-28-24-36(25-29-39)34-14-5-3-6-15-34)53-50(55-51)40-30-26-37(27-31-40)35-16-7-4-8-17-35/h3-33H,1-2H3. The van der Waals surface area contributed by atoms with Crippen LogP contribution in [0, 0.1) is 0 Å². The first kappa shape index (κ1) is 32.7. The Bertz CT molecular complexity index is 2760. The first-order chi connectivity index (χ1) is 27.0. The molecule has 9 aromatic rings. The Hall–Kier alpha value is -6.97. The van der Waals surface area contributed by atoms with Crippen LogP contribution in [-0.2, 0) is 5.41 Å². The maximum absolute atomic E-state index is 5.35. The minimum Gasteiger partial charge on any atom is -0.208 e. The van der Waals surface area contributed by atoms with Crippen LogP contribution in [0.15, 0.2) is 188 Å². The molecule has 1 aliphatic carbocycles. The van der Waals surface area contributed by atoms with Crippen molar-refractivity contribution < 1.29 is 0 Å². The molecule has 10 rings (SSSR count). The molecule has 55 heavy (non-hydrogen) atoms. The van der Waals surface area contributed by atoms with Crippen molar-refractivity contribution in [1.29, 1.82) is 0 Å². The Labute approximate surface area is 321 Å². The number of benzene rings is 8. The van der Waals surface area contributed by atoms with Crippen LogP contribution < -0.4 is 0 Å². The van der Waals surface area contributed by atoms with Crippen LogP contribution in [0.1, 0.15) is 25.0 Å². The van der Waals surface area contributed by atoms with Gasteiger partial charge in [0.05, 0.1) is 0 Å². The van der Waals surface area contributed by atoms with E-state index in [2.05, 4.69) is 190 Å². The topological polar surface area (TPSA) is 38.7 Å². The fourth-order valence-electron chi connectivity index (χ4n) is 8.44. The van der Waals surface area contributed by atoms with Crippen LogP contribution in [0.5, 0.6) is 0 Å². The van der Waals surface area contributed by atoms with Gasteiger partial charge in [-0.2, -0.15) is 0 Å². The van der Waals surface area contributed by atoms with Gasteiger partial charge in [-0.1, -0.05) is 202 Å². The zero-order valence-electron chi connectivity index (χ0n) is 30.7. The van der Waals surface area contributed by atoms with E-state index in [4.69, 9.17) is 15.0 Å². The van der Waals surface area contributed by atoms with Gasteiger partial charge >= 0.3 is 0 Å². The number of hydrogen-bond acceptors (Lipinski definition) is 3. The van der Waals surface area contributed by atoms with Gasteiger partial charge in [-0.15, -0.1) is 0 Å². The molecule has 0 saturated heterocycles. The first-order valence-electron chi connectivity index (χ1n) is 18.9.